The van der Waals surface area contributed by atoms with Crippen molar-refractivity contribution < 1.29 is 19.4 Å². The number of carboxylic acid groups (broad SMARTS) is 1. The Morgan fingerprint density at radius 3 is 2.21 bits per heavy atom. The van der Waals surface area contributed by atoms with Gasteiger partial charge in [-0.25, -0.2) is 0 Å². The summed E-state index contributed by atoms with van der Waals surface area (Å²) >= 11 is 0. The van der Waals surface area contributed by atoms with E-state index >= 15 is 0 Å². The Labute approximate surface area is 113 Å². The monoisotopic (exact) mass is 269 g/mol. The van der Waals surface area contributed by atoms with Gasteiger partial charge in [-0.05, 0) is 32.1 Å². The second-order valence-electron chi connectivity index (χ2n) is 5.99. The van der Waals surface area contributed by atoms with Crippen LogP contribution in [-0.2, 0) is 14.3 Å². The van der Waals surface area contributed by atoms with Gasteiger partial charge in [0.2, 0.25) is 5.91 Å². The molecule has 5 heteroatoms. The van der Waals surface area contributed by atoms with E-state index in [4.69, 9.17) is 4.74 Å². The number of carbonyl (C=O) groups is 2. The highest BCUT2D eigenvalue weighted by molar-refractivity contribution is 5.85. The molecule has 2 rings (SSSR count). The first kappa shape index (κ1) is 14.3. The summed E-state index contributed by atoms with van der Waals surface area (Å²) in [6.07, 6.45) is 6.20. The number of methoxy groups -OCH3 is 1. The number of carboxylic acids is 1. The number of rotatable bonds is 6. The molecule has 2 aliphatic rings. The molecule has 0 aromatic heterocycles. The summed E-state index contributed by atoms with van der Waals surface area (Å²) in [6, 6.07) is 0. The molecule has 0 aromatic rings. The molecular weight excluding hydrogens is 246 g/mol. The molecule has 0 bridgehead atoms. The van der Waals surface area contributed by atoms with Gasteiger partial charge in [0, 0.05) is 20.1 Å². The lowest BCUT2D eigenvalue weighted by atomic mass is 9.79. The van der Waals surface area contributed by atoms with E-state index in [1.165, 1.54) is 0 Å². The maximum atomic E-state index is 12.0. The molecular formula is C14H23NO4. The molecule has 19 heavy (non-hydrogen) atoms. The van der Waals surface area contributed by atoms with Crippen LogP contribution in [0, 0.1) is 5.41 Å². The van der Waals surface area contributed by atoms with E-state index < -0.39 is 11.4 Å². The molecule has 2 N–H and O–H groups in total. The molecule has 2 aliphatic carbocycles. The zero-order chi connectivity index (χ0) is 13.9. The molecule has 0 aliphatic heterocycles. The van der Waals surface area contributed by atoms with Gasteiger partial charge in [-0.2, -0.15) is 0 Å². The highest BCUT2D eigenvalue weighted by Crippen LogP contribution is 2.41. The molecule has 0 radical (unpaired) electrons. The van der Waals surface area contributed by atoms with E-state index in [9.17, 15) is 14.7 Å². The van der Waals surface area contributed by atoms with Crippen LogP contribution in [0.3, 0.4) is 0 Å². The smallest absolute Gasteiger partial charge is 0.310 e. The van der Waals surface area contributed by atoms with Crippen molar-refractivity contribution >= 4 is 11.9 Å². The molecule has 5 nitrogen and oxygen atoms in total. The Hall–Kier alpha value is -1.10. The van der Waals surface area contributed by atoms with Crippen LogP contribution in [0.5, 0.6) is 0 Å². The first-order valence-corrected chi connectivity index (χ1v) is 7.07. The maximum absolute atomic E-state index is 12.0. The van der Waals surface area contributed by atoms with Gasteiger partial charge in [0.15, 0.2) is 0 Å². The molecule has 108 valence electrons. The average Bonchev–Trinajstić information content (AvgIpc) is 2.78. The summed E-state index contributed by atoms with van der Waals surface area (Å²) in [5, 5.41) is 12.2. The highest BCUT2D eigenvalue weighted by Gasteiger charge is 2.43. The number of aliphatic carboxylic acids is 1. The minimum absolute atomic E-state index is 0.0993. The van der Waals surface area contributed by atoms with Crippen LogP contribution < -0.4 is 5.32 Å². The van der Waals surface area contributed by atoms with Gasteiger partial charge in [-0.3, -0.25) is 9.59 Å². The van der Waals surface area contributed by atoms with Crippen molar-refractivity contribution in [3.05, 3.63) is 0 Å². The molecule has 1 amide bonds. The van der Waals surface area contributed by atoms with Gasteiger partial charge in [0.05, 0.1) is 11.0 Å². The van der Waals surface area contributed by atoms with Crippen molar-refractivity contribution in [2.75, 3.05) is 13.7 Å². The summed E-state index contributed by atoms with van der Waals surface area (Å²) < 4.78 is 5.44. The van der Waals surface area contributed by atoms with Gasteiger partial charge in [0.1, 0.15) is 0 Å². The van der Waals surface area contributed by atoms with Gasteiger partial charge in [-0.15, -0.1) is 0 Å². The van der Waals surface area contributed by atoms with E-state index in [1.807, 2.05) is 0 Å². The summed E-state index contributed by atoms with van der Waals surface area (Å²) in [4.78, 5) is 23.4. The predicted octanol–water partition coefficient (Wildman–Crippen LogP) is 1.71. The number of ether oxygens (including phenoxy) is 1. The quantitative estimate of drug-likeness (QED) is 0.769. The van der Waals surface area contributed by atoms with Crippen LogP contribution in [0.2, 0.25) is 0 Å². The fraction of sp³-hybridized carbons (Fsp3) is 0.857. The molecule has 0 saturated heterocycles. The minimum atomic E-state index is -0.829. The second kappa shape index (κ2) is 5.49. The summed E-state index contributed by atoms with van der Waals surface area (Å²) in [6.45, 7) is 0.498. The van der Waals surface area contributed by atoms with Gasteiger partial charge < -0.3 is 15.2 Å². The first-order valence-electron chi connectivity index (χ1n) is 7.07. The van der Waals surface area contributed by atoms with Crippen molar-refractivity contribution in [2.24, 2.45) is 5.41 Å². The van der Waals surface area contributed by atoms with E-state index in [1.54, 1.807) is 7.11 Å². The average molecular weight is 269 g/mol. The number of hydrogen-bond donors (Lipinski definition) is 2. The van der Waals surface area contributed by atoms with Crippen LogP contribution in [0.15, 0.2) is 0 Å². The van der Waals surface area contributed by atoms with Crippen LogP contribution in [0.1, 0.15) is 51.4 Å². The van der Waals surface area contributed by atoms with E-state index in [0.29, 0.717) is 19.4 Å². The third-order valence-electron chi connectivity index (χ3n) is 4.82. The van der Waals surface area contributed by atoms with Gasteiger partial charge in [-0.1, -0.05) is 12.8 Å². The van der Waals surface area contributed by atoms with Crippen molar-refractivity contribution in [3.63, 3.8) is 0 Å². The normalized spacial score (nSPS) is 23.6. The Kier molecular flexibility index (Phi) is 4.13. The summed E-state index contributed by atoms with van der Waals surface area (Å²) in [5.74, 6) is -0.988. The van der Waals surface area contributed by atoms with E-state index in [0.717, 1.165) is 32.1 Å². The third-order valence-corrected chi connectivity index (χ3v) is 4.82. The predicted molar refractivity (Wildman–Crippen MR) is 69.8 cm³/mol. The van der Waals surface area contributed by atoms with Crippen LogP contribution >= 0.6 is 0 Å². The Morgan fingerprint density at radius 1 is 1.16 bits per heavy atom. The fourth-order valence-corrected chi connectivity index (χ4v) is 3.17. The summed E-state index contributed by atoms with van der Waals surface area (Å²) in [7, 11) is 1.67. The van der Waals surface area contributed by atoms with E-state index in [2.05, 4.69) is 5.32 Å². The van der Waals surface area contributed by atoms with Crippen LogP contribution in [0.4, 0.5) is 0 Å². The topological polar surface area (TPSA) is 75.6 Å². The number of carbonyl (C=O) groups excluding carboxylic acids is 1. The number of hydrogen-bond acceptors (Lipinski definition) is 3. The molecule has 0 heterocycles. The third kappa shape index (κ3) is 2.91. The maximum Gasteiger partial charge on any atom is 0.310 e. The van der Waals surface area contributed by atoms with Crippen molar-refractivity contribution in [1.82, 2.24) is 5.32 Å². The lowest BCUT2D eigenvalue weighted by Crippen LogP contribution is -2.50. The highest BCUT2D eigenvalue weighted by atomic mass is 16.5. The molecule has 2 saturated carbocycles. The number of nitrogens with one attached hydrogen (secondary N) is 1. The Bertz CT molecular complexity index is 351. The molecule has 0 unspecified atom stereocenters. The molecule has 0 spiro atoms. The zero-order valence-electron chi connectivity index (χ0n) is 11.5. The number of amides is 1. The fourth-order valence-electron chi connectivity index (χ4n) is 3.17. The zero-order valence-corrected chi connectivity index (χ0v) is 11.5. The summed E-state index contributed by atoms with van der Waals surface area (Å²) in [5.41, 5.74) is -1.04. The van der Waals surface area contributed by atoms with Crippen LogP contribution in [-0.4, -0.2) is 36.2 Å². The van der Waals surface area contributed by atoms with Gasteiger partial charge >= 0.3 is 5.97 Å². The van der Waals surface area contributed by atoms with E-state index in [-0.39, 0.29) is 17.9 Å². The standard InChI is InChI=1S/C14H23NO4/c1-19-14(7-4-8-14)10-15-11(16)9-13(12(17)18)5-2-3-6-13/h2-10H2,1H3,(H,15,16)(H,17,18). The molecule has 0 atom stereocenters. The Morgan fingerprint density at radius 2 is 1.79 bits per heavy atom. The van der Waals surface area contributed by atoms with Crippen molar-refractivity contribution in [3.8, 4) is 0 Å². The van der Waals surface area contributed by atoms with Gasteiger partial charge in [0.25, 0.3) is 0 Å². The second-order valence-corrected chi connectivity index (χ2v) is 5.99. The van der Waals surface area contributed by atoms with Crippen molar-refractivity contribution in [1.29, 1.82) is 0 Å². The molecule has 0 aromatic carbocycles. The lowest BCUT2D eigenvalue weighted by Gasteiger charge is -2.40. The SMILES string of the molecule is COC1(CNC(=O)CC2(C(=O)O)CCCC2)CCC1. The Balaban J connectivity index is 1.85. The van der Waals surface area contributed by atoms with Crippen molar-refractivity contribution in [2.45, 2.75) is 57.0 Å². The lowest BCUT2D eigenvalue weighted by molar-refractivity contribution is -0.151. The molecule has 2 fully saturated rings. The van der Waals surface area contributed by atoms with Crippen LogP contribution in [0.25, 0.3) is 0 Å². The first-order chi connectivity index (χ1) is 9.02. The largest absolute Gasteiger partial charge is 0.481 e. The minimum Gasteiger partial charge on any atom is -0.481 e.